The highest BCUT2D eigenvalue weighted by molar-refractivity contribution is 6.17. The Morgan fingerprint density at radius 1 is 0.941 bits per heavy atom. The summed E-state index contributed by atoms with van der Waals surface area (Å²) in [7, 11) is 0. The third-order valence-corrected chi connectivity index (χ3v) is 5.66. The van der Waals surface area contributed by atoms with Crippen LogP contribution in [0.4, 0.5) is 13.2 Å². The highest BCUT2D eigenvalue weighted by atomic mass is 19.4. The molecule has 1 amide bonds. The average molecular weight is 459 g/mol. The van der Waals surface area contributed by atoms with Crippen LogP contribution in [0.3, 0.4) is 0 Å². The van der Waals surface area contributed by atoms with E-state index in [-0.39, 0.29) is 12.1 Å². The Balaban J connectivity index is 1.72. The van der Waals surface area contributed by atoms with Crippen LogP contribution in [0.2, 0.25) is 0 Å². The van der Waals surface area contributed by atoms with Crippen molar-refractivity contribution >= 4 is 27.7 Å². The van der Waals surface area contributed by atoms with Gasteiger partial charge in [0.15, 0.2) is 0 Å². The number of carbonyl (C=O) groups excluding carboxylic acids is 1. The van der Waals surface area contributed by atoms with Gasteiger partial charge in [0.05, 0.1) is 23.1 Å². The smallest absolute Gasteiger partial charge is 0.416 e. The normalized spacial score (nSPS) is 11.7. The summed E-state index contributed by atoms with van der Waals surface area (Å²) in [4.78, 5) is 12.1. The molecule has 7 heteroatoms. The van der Waals surface area contributed by atoms with E-state index in [2.05, 4.69) is 6.07 Å². The molecule has 5 aromatic rings. The number of rotatable bonds is 5. The number of ether oxygens (including phenoxy) is 1. The summed E-state index contributed by atoms with van der Waals surface area (Å²) < 4.78 is 48.3. The van der Waals surface area contributed by atoms with Crippen molar-refractivity contribution in [2.24, 2.45) is 5.73 Å². The Bertz CT molecular complexity index is 1520. The Labute approximate surface area is 193 Å². The lowest BCUT2D eigenvalue weighted by Crippen LogP contribution is -2.11. The first-order valence-electron chi connectivity index (χ1n) is 10.5. The molecule has 4 aromatic carbocycles. The van der Waals surface area contributed by atoms with E-state index < -0.39 is 17.6 Å². The van der Waals surface area contributed by atoms with Crippen molar-refractivity contribution in [3.05, 3.63) is 108 Å². The number of amides is 1. The molecule has 0 atom stereocenters. The van der Waals surface area contributed by atoms with E-state index in [1.165, 1.54) is 0 Å². The summed E-state index contributed by atoms with van der Waals surface area (Å²) >= 11 is 0. The van der Waals surface area contributed by atoms with E-state index in [0.29, 0.717) is 33.3 Å². The number of carbonyl (C=O) groups is 1. The van der Waals surface area contributed by atoms with Crippen LogP contribution in [0.1, 0.15) is 21.5 Å². The summed E-state index contributed by atoms with van der Waals surface area (Å²) in [6.07, 6.45) is -4.53. The van der Waals surface area contributed by atoms with E-state index in [1.807, 2.05) is 48.5 Å². The summed E-state index contributed by atoms with van der Waals surface area (Å²) in [5.41, 5.74) is 6.62. The average Bonchev–Trinajstić information content (AvgIpc) is 3.13. The molecule has 5 rings (SSSR count). The summed E-state index contributed by atoms with van der Waals surface area (Å²) in [5.74, 6) is 0.553. The highest BCUT2D eigenvalue weighted by Crippen LogP contribution is 2.37. The molecule has 169 valence electrons. The minimum atomic E-state index is -4.53. The molecule has 0 aliphatic carbocycles. The maximum Gasteiger partial charge on any atom is 0.416 e. The van der Waals surface area contributed by atoms with E-state index in [1.54, 1.807) is 28.8 Å². The SMILES string of the molecule is NC(=O)c1cccc2c1c1[c]cc(C(F)(F)F)cc1n2Cc1ccccc1Oc1ccccc1. The predicted molar refractivity (Wildman–Crippen MR) is 124 cm³/mol. The molecule has 0 saturated carbocycles. The third-order valence-electron chi connectivity index (χ3n) is 5.66. The Morgan fingerprint density at radius 3 is 2.41 bits per heavy atom. The van der Waals surface area contributed by atoms with Gasteiger partial charge >= 0.3 is 6.18 Å². The first-order chi connectivity index (χ1) is 16.3. The lowest BCUT2D eigenvalue weighted by atomic mass is 10.0. The van der Waals surface area contributed by atoms with E-state index in [9.17, 15) is 18.0 Å². The van der Waals surface area contributed by atoms with Crippen LogP contribution in [0.15, 0.2) is 84.9 Å². The fourth-order valence-corrected chi connectivity index (χ4v) is 4.11. The van der Waals surface area contributed by atoms with Gasteiger partial charge in [-0.3, -0.25) is 4.79 Å². The van der Waals surface area contributed by atoms with Crippen LogP contribution in [-0.4, -0.2) is 10.5 Å². The topological polar surface area (TPSA) is 57.2 Å². The zero-order valence-corrected chi connectivity index (χ0v) is 17.8. The van der Waals surface area contributed by atoms with Crippen molar-refractivity contribution in [1.82, 2.24) is 4.57 Å². The van der Waals surface area contributed by atoms with Crippen molar-refractivity contribution in [2.45, 2.75) is 12.7 Å². The van der Waals surface area contributed by atoms with Gasteiger partial charge < -0.3 is 15.0 Å². The first-order valence-corrected chi connectivity index (χ1v) is 10.5. The second kappa shape index (κ2) is 8.26. The molecule has 2 N–H and O–H groups in total. The number of hydrogen-bond donors (Lipinski definition) is 1. The summed E-state index contributed by atoms with van der Waals surface area (Å²) in [6, 6.07) is 26.2. The lowest BCUT2D eigenvalue weighted by molar-refractivity contribution is -0.137. The largest absolute Gasteiger partial charge is 0.457 e. The minimum absolute atomic E-state index is 0.209. The van der Waals surface area contributed by atoms with Crippen molar-refractivity contribution in [2.75, 3.05) is 0 Å². The zero-order valence-electron chi connectivity index (χ0n) is 17.8. The zero-order chi connectivity index (χ0) is 23.9. The molecule has 34 heavy (non-hydrogen) atoms. The second-order valence-electron chi connectivity index (χ2n) is 7.82. The Hall–Kier alpha value is -4.26. The molecule has 0 bridgehead atoms. The van der Waals surface area contributed by atoms with Gasteiger partial charge in [-0.25, -0.2) is 0 Å². The number of fused-ring (bicyclic) bond motifs is 3. The van der Waals surface area contributed by atoms with Crippen molar-refractivity contribution < 1.29 is 22.7 Å². The van der Waals surface area contributed by atoms with Crippen LogP contribution in [0.5, 0.6) is 11.5 Å². The standard InChI is InChI=1S/C27H18F3N2O2/c28-27(29,30)18-13-14-20-23(15-18)32(22-11-6-10-21(25(20)22)26(31)33)16-17-7-4-5-12-24(17)34-19-8-2-1-3-9-19/h1-13,15H,16H2,(H2,31,33). The minimum Gasteiger partial charge on any atom is -0.457 e. The number of aromatic nitrogens is 1. The van der Waals surface area contributed by atoms with Gasteiger partial charge in [-0.1, -0.05) is 42.5 Å². The molecule has 0 aliphatic heterocycles. The van der Waals surface area contributed by atoms with Crippen LogP contribution in [0, 0.1) is 6.07 Å². The number of alkyl halides is 3. The molecule has 4 nitrogen and oxygen atoms in total. The maximum absolute atomic E-state index is 13.5. The number of nitrogens with zero attached hydrogens (tertiary/aromatic N) is 1. The molecule has 1 heterocycles. The van der Waals surface area contributed by atoms with Crippen molar-refractivity contribution in [1.29, 1.82) is 0 Å². The molecule has 0 aliphatic rings. The maximum atomic E-state index is 13.5. The molecule has 1 radical (unpaired) electrons. The molecular weight excluding hydrogens is 441 g/mol. The quantitative estimate of drug-likeness (QED) is 0.324. The van der Waals surface area contributed by atoms with Gasteiger partial charge in [0.2, 0.25) is 5.91 Å². The summed E-state index contributed by atoms with van der Waals surface area (Å²) in [5, 5.41) is 0.874. The monoisotopic (exact) mass is 459 g/mol. The molecule has 0 unspecified atom stereocenters. The lowest BCUT2D eigenvalue weighted by Gasteiger charge is -2.14. The van der Waals surface area contributed by atoms with Crippen LogP contribution >= 0.6 is 0 Å². The van der Waals surface area contributed by atoms with Gasteiger partial charge in [-0.2, -0.15) is 13.2 Å². The van der Waals surface area contributed by atoms with Crippen molar-refractivity contribution in [3.63, 3.8) is 0 Å². The first kappa shape index (κ1) is 21.6. The van der Waals surface area contributed by atoms with Gasteiger partial charge in [0, 0.05) is 21.9 Å². The van der Waals surface area contributed by atoms with Gasteiger partial charge in [-0.15, -0.1) is 0 Å². The van der Waals surface area contributed by atoms with Gasteiger partial charge in [0.25, 0.3) is 0 Å². The highest BCUT2D eigenvalue weighted by Gasteiger charge is 2.31. The second-order valence-corrected chi connectivity index (χ2v) is 7.82. The van der Waals surface area contributed by atoms with E-state index >= 15 is 0 Å². The van der Waals surface area contributed by atoms with Gasteiger partial charge in [-0.05, 0) is 48.5 Å². The fraction of sp³-hybridized carbons (Fsp3) is 0.0741. The van der Waals surface area contributed by atoms with Crippen LogP contribution in [0.25, 0.3) is 21.8 Å². The molecule has 0 fully saturated rings. The molecule has 0 saturated heterocycles. The number of primary amides is 1. The molecule has 0 spiro atoms. The fourth-order valence-electron chi connectivity index (χ4n) is 4.11. The Morgan fingerprint density at radius 2 is 1.68 bits per heavy atom. The number of nitrogens with two attached hydrogens (primary N) is 1. The number of benzene rings is 4. The van der Waals surface area contributed by atoms with Crippen LogP contribution < -0.4 is 10.5 Å². The van der Waals surface area contributed by atoms with Crippen molar-refractivity contribution in [3.8, 4) is 11.5 Å². The van der Waals surface area contributed by atoms with E-state index in [4.69, 9.17) is 10.5 Å². The van der Waals surface area contributed by atoms with Gasteiger partial charge in [0.1, 0.15) is 11.5 Å². The number of hydrogen-bond acceptors (Lipinski definition) is 2. The third kappa shape index (κ3) is 3.85. The summed E-state index contributed by atoms with van der Waals surface area (Å²) in [6.45, 7) is 0.209. The number of halogens is 3. The molecular formula is C27H18F3N2O2. The predicted octanol–water partition coefficient (Wildman–Crippen LogP) is 6.55. The number of para-hydroxylation sites is 2. The molecule has 1 aromatic heterocycles. The van der Waals surface area contributed by atoms with E-state index in [0.717, 1.165) is 17.7 Å². The Kier molecular flexibility index (Phi) is 5.24. The van der Waals surface area contributed by atoms with Crippen LogP contribution in [-0.2, 0) is 12.7 Å².